The van der Waals surface area contributed by atoms with Crippen molar-refractivity contribution in [3.05, 3.63) is 76.9 Å². The first-order valence-corrected chi connectivity index (χ1v) is 11.3. The molecule has 1 N–H and O–H groups in total. The normalized spacial score (nSPS) is 12.2. The van der Waals surface area contributed by atoms with Crippen LogP contribution >= 0.6 is 11.3 Å². The van der Waals surface area contributed by atoms with Gasteiger partial charge in [-0.15, -0.1) is 11.3 Å². The fourth-order valence-corrected chi connectivity index (χ4v) is 4.68. The summed E-state index contributed by atoms with van der Waals surface area (Å²) in [4.78, 5) is 13.6. The molecule has 32 heavy (non-hydrogen) atoms. The Bertz CT molecular complexity index is 1400. The van der Waals surface area contributed by atoms with Crippen LogP contribution in [0, 0.1) is 20.8 Å². The van der Waals surface area contributed by atoms with E-state index in [2.05, 4.69) is 68.7 Å². The monoisotopic (exact) mass is 441 g/mol. The van der Waals surface area contributed by atoms with Gasteiger partial charge in [-0.2, -0.15) is 0 Å². The van der Waals surface area contributed by atoms with Gasteiger partial charge in [0.25, 0.3) is 0 Å². The van der Waals surface area contributed by atoms with Gasteiger partial charge in [-0.25, -0.2) is 15.0 Å². The zero-order valence-electron chi connectivity index (χ0n) is 18.4. The van der Waals surface area contributed by atoms with Crippen LogP contribution in [-0.2, 0) is 0 Å². The lowest BCUT2D eigenvalue weighted by atomic mass is 9.99. The molecular weight excluding hydrogens is 418 g/mol. The van der Waals surface area contributed by atoms with Crippen LogP contribution in [-0.4, -0.2) is 20.1 Å². The molecule has 2 aromatic carbocycles. The smallest absolute Gasteiger partial charge is 0.141 e. The maximum Gasteiger partial charge on any atom is 0.141 e. The summed E-state index contributed by atoms with van der Waals surface area (Å²) in [5, 5.41) is 7.63. The molecule has 7 heteroatoms. The summed E-state index contributed by atoms with van der Waals surface area (Å²) in [6, 6.07) is 16.7. The second-order valence-corrected chi connectivity index (χ2v) is 8.80. The van der Waals surface area contributed by atoms with Crippen molar-refractivity contribution in [1.82, 2.24) is 20.1 Å². The maximum absolute atomic E-state index is 5.35. The van der Waals surface area contributed by atoms with Gasteiger partial charge in [-0.1, -0.05) is 29.4 Å². The van der Waals surface area contributed by atoms with E-state index in [1.165, 1.54) is 0 Å². The highest BCUT2D eigenvalue weighted by Crippen LogP contribution is 2.31. The number of nitrogens with one attached hydrogen (secondary N) is 1. The van der Waals surface area contributed by atoms with Crippen LogP contribution in [0.15, 0.2) is 58.6 Å². The highest BCUT2D eigenvalue weighted by Gasteiger charge is 2.14. The lowest BCUT2D eigenvalue weighted by Gasteiger charge is -2.17. The van der Waals surface area contributed by atoms with E-state index in [-0.39, 0.29) is 6.04 Å². The number of aromatic nitrogens is 4. The maximum atomic E-state index is 5.35. The van der Waals surface area contributed by atoms with Gasteiger partial charge in [0.1, 0.15) is 17.4 Å². The van der Waals surface area contributed by atoms with Gasteiger partial charge >= 0.3 is 0 Å². The van der Waals surface area contributed by atoms with Crippen LogP contribution in [0.1, 0.15) is 35.8 Å². The van der Waals surface area contributed by atoms with Crippen LogP contribution in [0.4, 0.5) is 5.82 Å². The third kappa shape index (κ3) is 3.87. The second kappa shape index (κ2) is 8.16. The topological polar surface area (TPSA) is 76.7 Å². The van der Waals surface area contributed by atoms with Crippen molar-refractivity contribution in [3.8, 4) is 22.4 Å². The number of hydrogen-bond acceptors (Lipinski definition) is 7. The Morgan fingerprint density at radius 2 is 1.84 bits per heavy atom. The molecule has 3 heterocycles. The Kier molecular flexibility index (Phi) is 5.19. The molecule has 160 valence electrons. The number of anilines is 1. The first-order valence-electron chi connectivity index (χ1n) is 10.5. The zero-order valence-corrected chi connectivity index (χ0v) is 19.2. The molecule has 0 saturated heterocycles. The number of nitrogens with zero attached hydrogens (tertiary/aromatic N) is 4. The second-order valence-electron chi connectivity index (χ2n) is 7.91. The van der Waals surface area contributed by atoms with Crippen molar-refractivity contribution < 1.29 is 4.52 Å². The van der Waals surface area contributed by atoms with Crippen molar-refractivity contribution in [3.63, 3.8) is 0 Å². The molecule has 1 unspecified atom stereocenters. The van der Waals surface area contributed by atoms with Crippen LogP contribution < -0.4 is 5.32 Å². The van der Waals surface area contributed by atoms with Crippen molar-refractivity contribution in [2.24, 2.45) is 0 Å². The molecule has 0 aliphatic rings. The van der Waals surface area contributed by atoms with Crippen molar-refractivity contribution in [2.45, 2.75) is 33.7 Å². The van der Waals surface area contributed by atoms with Crippen molar-refractivity contribution in [2.75, 3.05) is 5.32 Å². The van der Waals surface area contributed by atoms with E-state index in [1.807, 2.05) is 38.4 Å². The summed E-state index contributed by atoms with van der Waals surface area (Å²) < 4.78 is 6.50. The van der Waals surface area contributed by atoms with Crippen LogP contribution in [0.5, 0.6) is 0 Å². The Hall–Kier alpha value is -3.58. The average Bonchev–Trinajstić information content (AvgIpc) is 3.38. The lowest BCUT2D eigenvalue weighted by molar-refractivity contribution is 0.393. The molecular formula is C25H23N5OS. The lowest BCUT2D eigenvalue weighted by Crippen LogP contribution is -2.09. The first kappa shape index (κ1) is 20.3. The van der Waals surface area contributed by atoms with Gasteiger partial charge in [0.05, 0.1) is 27.1 Å². The molecule has 0 spiro atoms. The molecule has 3 aromatic heterocycles. The first-order chi connectivity index (χ1) is 15.5. The van der Waals surface area contributed by atoms with Crippen molar-refractivity contribution >= 4 is 27.4 Å². The van der Waals surface area contributed by atoms with Gasteiger partial charge in [-0.3, -0.25) is 0 Å². The fourth-order valence-electron chi connectivity index (χ4n) is 3.97. The molecule has 6 nitrogen and oxygen atoms in total. The minimum absolute atomic E-state index is 0.0570. The van der Waals surface area contributed by atoms with E-state index < -0.39 is 0 Å². The molecule has 0 saturated carbocycles. The summed E-state index contributed by atoms with van der Waals surface area (Å²) in [5.74, 6) is 2.35. The van der Waals surface area contributed by atoms with E-state index in [1.54, 1.807) is 11.3 Å². The minimum Gasteiger partial charge on any atom is -0.363 e. The standard InChI is InChI=1S/C25H23N5OS/c1-14(18-6-5-7-20(10-18)25-15(2)30-31-16(25)3)27-24-12-22(28-17(4)29-24)19-8-9-21-23(11-19)32-13-26-21/h5-14H,1-4H3,(H,27,28,29). The molecule has 0 amide bonds. The summed E-state index contributed by atoms with van der Waals surface area (Å²) in [6.45, 7) is 7.96. The molecule has 5 aromatic rings. The molecule has 0 fully saturated rings. The molecule has 0 aliphatic heterocycles. The van der Waals surface area contributed by atoms with Crippen molar-refractivity contribution in [1.29, 1.82) is 0 Å². The molecule has 1 atom stereocenters. The summed E-state index contributed by atoms with van der Waals surface area (Å²) >= 11 is 1.63. The number of thiazole rings is 1. The van der Waals surface area contributed by atoms with E-state index >= 15 is 0 Å². The van der Waals surface area contributed by atoms with Gasteiger partial charge in [0, 0.05) is 23.2 Å². The molecule has 0 radical (unpaired) electrons. The highest BCUT2D eigenvalue weighted by atomic mass is 32.1. The third-order valence-electron chi connectivity index (χ3n) is 5.54. The third-order valence-corrected chi connectivity index (χ3v) is 6.33. The number of aryl methyl sites for hydroxylation is 3. The average molecular weight is 442 g/mol. The molecule has 5 rings (SSSR count). The highest BCUT2D eigenvalue weighted by molar-refractivity contribution is 7.16. The minimum atomic E-state index is 0.0570. The van der Waals surface area contributed by atoms with Gasteiger partial charge < -0.3 is 9.84 Å². The Morgan fingerprint density at radius 3 is 2.66 bits per heavy atom. The zero-order chi connectivity index (χ0) is 22.2. The number of rotatable bonds is 5. The van der Waals surface area contributed by atoms with Crippen LogP contribution in [0.3, 0.4) is 0 Å². The Morgan fingerprint density at radius 1 is 0.969 bits per heavy atom. The summed E-state index contributed by atoms with van der Waals surface area (Å²) in [5.41, 5.74) is 9.04. The van der Waals surface area contributed by atoms with Crippen LogP contribution in [0.25, 0.3) is 32.6 Å². The van der Waals surface area contributed by atoms with Gasteiger partial charge in [0.2, 0.25) is 0 Å². The quantitative estimate of drug-likeness (QED) is 0.335. The number of fused-ring (bicyclic) bond motifs is 1. The largest absolute Gasteiger partial charge is 0.363 e. The molecule has 0 bridgehead atoms. The van der Waals surface area contributed by atoms with E-state index in [0.717, 1.165) is 61.3 Å². The summed E-state index contributed by atoms with van der Waals surface area (Å²) in [7, 11) is 0. The summed E-state index contributed by atoms with van der Waals surface area (Å²) in [6.07, 6.45) is 0. The predicted molar refractivity (Wildman–Crippen MR) is 129 cm³/mol. The Labute approximate surface area is 190 Å². The SMILES string of the molecule is Cc1nc(NC(C)c2cccc(-c3c(C)noc3C)c2)cc(-c2ccc3ncsc3c2)n1. The Balaban J connectivity index is 1.43. The van der Waals surface area contributed by atoms with E-state index in [9.17, 15) is 0 Å². The number of benzene rings is 2. The van der Waals surface area contributed by atoms with Gasteiger partial charge in [-0.05, 0) is 57.0 Å². The fraction of sp³-hybridized carbons (Fsp3) is 0.200. The predicted octanol–water partition coefficient (Wildman–Crippen LogP) is 6.51. The van der Waals surface area contributed by atoms with E-state index in [4.69, 9.17) is 4.52 Å². The number of hydrogen-bond donors (Lipinski definition) is 1. The van der Waals surface area contributed by atoms with Crippen LogP contribution in [0.2, 0.25) is 0 Å². The molecule has 0 aliphatic carbocycles. The van der Waals surface area contributed by atoms with Gasteiger partial charge in [0.15, 0.2) is 0 Å². The van der Waals surface area contributed by atoms with E-state index in [0.29, 0.717) is 0 Å².